The molecule has 0 radical (unpaired) electrons. The fourth-order valence-corrected chi connectivity index (χ4v) is 3.52. The lowest BCUT2D eigenvalue weighted by Crippen LogP contribution is -2.30. The molecule has 2 N–H and O–H groups in total. The van der Waals surface area contributed by atoms with Crippen LogP contribution in [-0.2, 0) is 0 Å². The van der Waals surface area contributed by atoms with Gasteiger partial charge in [-0.3, -0.25) is 0 Å². The third-order valence-corrected chi connectivity index (χ3v) is 4.75. The van der Waals surface area contributed by atoms with Crippen molar-refractivity contribution >= 4 is 0 Å². The van der Waals surface area contributed by atoms with Gasteiger partial charge in [0.05, 0.1) is 14.2 Å². The van der Waals surface area contributed by atoms with Crippen molar-refractivity contribution in [2.75, 3.05) is 14.2 Å². The number of methoxy groups -OCH3 is 2. The molecule has 3 atom stereocenters. The fraction of sp³-hybridized carbons (Fsp3) is 0.647. The number of rotatable bonds is 5. The average Bonchev–Trinajstić information content (AvgIpc) is 2.53. The van der Waals surface area contributed by atoms with Crippen LogP contribution in [0.4, 0.5) is 0 Å². The van der Waals surface area contributed by atoms with Crippen LogP contribution in [0.1, 0.15) is 50.6 Å². The standard InChI is InChI=1S/C17H27NO2/c1-4-12-7-5-6-8-14(12)17(18)13-9-10-15(19-2)16(11-13)20-3/h9-12,14,17H,4-8,18H2,1-3H3. The van der Waals surface area contributed by atoms with E-state index in [1.54, 1.807) is 14.2 Å². The maximum absolute atomic E-state index is 6.55. The summed E-state index contributed by atoms with van der Waals surface area (Å²) in [5, 5.41) is 0. The van der Waals surface area contributed by atoms with Crippen molar-refractivity contribution in [3.05, 3.63) is 23.8 Å². The third kappa shape index (κ3) is 3.09. The van der Waals surface area contributed by atoms with E-state index in [9.17, 15) is 0 Å². The smallest absolute Gasteiger partial charge is 0.161 e. The molecule has 1 aliphatic rings. The Labute approximate surface area is 122 Å². The summed E-state index contributed by atoms with van der Waals surface area (Å²) in [6, 6.07) is 6.16. The second-order valence-corrected chi connectivity index (χ2v) is 5.76. The van der Waals surface area contributed by atoms with Crippen LogP contribution in [0.25, 0.3) is 0 Å². The fourth-order valence-electron chi connectivity index (χ4n) is 3.52. The van der Waals surface area contributed by atoms with Crippen molar-refractivity contribution in [2.45, 2.75) is 45.1 Å². The highest BCUT2D eigenvalue weighted by Crippen LogP contribution is 2.40. The number of benzene rings is 1. The second kappa shape index (κ2) is 6.98. The number of nitrogens with two attached hydrogens (primary N) is 1. The molecule has 2 rings (SSSR count). The van der Waals surface area contributed by atoms with Crippen molar-refractivity contribution in [2.24, 2.45) is 17.6 Å². The Hall–Kier alpha value is -1.22. The van der Waals surface area contributed by atoms with Crippen LogP contribution in [0.3, 0.4) is 0 Å². The van der Waals surface area contributed by atoms with Gasteiger partial charge in [-0.1, -0.05) is 38.7 Å². The monoisotopic (exact) mass is 277 g/mol. The van der Waals surface area contributed by atoms with E-state index in [1.807, 2.05) is 12.1 Å². The van der Waals surface area contributed by atoms with E-state index in [1.165, 1.54) is 32.1 Å². The first kappa shape index (κ1) is 15.2. The largest absolute Gasteiger partial charge is 0.493 e. The summed E-state index contributed by atoms with van der Waals surface area (Å²) < 4.78 is 10.7. The summed E-state index contributed by atoms with van der Waals surface area (Å²) in [6.07, 6.45) is 6.46. The van der Waals surface area contributed by atoms with E-state index in [2.05, 4.69) is 13.0 Å². The van der Waals surface area contributed by atoms with E-state index in [4.69, 9.17) is 15.2 Å². The molecule has 112 valence electrons. The van der Waals surface area contributed by atoms with Crippen LogP contribution < -0.4 is 15.2 Å². The normalized spacial score (nSPS) is 24.2. The van der Waals surface area contributed by atoms with Crippen molar-refractivity contribution in [3.63, 3.8) is 0 Å². The van der Waals surface area contributed by atoms with Gasteiger partial charge in [0.1, 0.15) is 0 Å². The van der Waals surface area contributed by atoms with Gasteiger partial charge in [0, 0.05) is 6.04 Å². The Kier molecular flexibility index (Phi) is 5.30. The molecule has 0 heterocycles. The van der Waals surface area contributed by atoms with Crippen LogP contribution >= 0.6 is 0 Å². The molecule has 0 aliphatic heterocycles. The zero-order chi connectivity index (χ0) is 14.5. The Balaban J connectivity index is 2.21. The zero-order valence-corrected chi connectivity index (χ0v) is 12.9. The Morgan fingerprint density at radius 2 is 1.85 bits per heavy atom. The van der Waals surface area contributed by atoms with Crippen molar-refractivity contribution < 1.29 is 9.47 Å². The minimum absolute atomic E-state index is 0.0973. The van der Waals surface area contributed by atoms with Crippen LogP contribution in [-0.4, -0.2) is 14.2 Å². The third-order valence-electron chi connectivity index (χ3n) is 4.75. The van der Waals surface area contributed by atoms with E-state index in [0.717, 1.165) is 23.0 Å². The molecular formula is C17H27NO2. The van der Waals surface area contributed by atoms with Gasteiger partial charge in [0.15, 0.2) is 11.5 Å². The molecule has 1 saturated carbocycles. The highest BCUT2D eigenvalue weighted by atomic mass is 16.5. The van der Waals surface area contributed by atoms with Gasteiger partial charge in [-0.05, 0) is 36.0 Å². The van der Waals surface area contributed by atoms with Gasteiger partial charge in [-0.15, -0.1) is 0 Å². The first-order valence-electron chi connectivity index (χ1n) is 7.68. The summed E-state index contributed by atoms with van der Waals surface area (Å²) in [7, 11) is 3.33. The molecule has 1 fully saturated rings. The predicted molar refractivity (Wildman–Crippen MR) is 82.2 cm³/mol. The quantitative estimate of drug-likeness (QED) is 0.887. The summed E-state index contributed by atoms with van der Waals surface area (Å²) in [6.45, 7) is 2.28. The highest BCUT2D eigenvalue weighted by Gasteiger charge is 2.29. The molecule has 3 heteroatoms. The van der Waals surface area contributed by atoms with Crippen molar-refractivity contribution in [3.8, 4) is 11.5 Å². The summed E-state index contributed by atoms with van der Waals surface area (Å²) in [4.78, 5) is 0. The number of hydrogen-bond acceptors (Lipinski definition) is 3. The first-order chi connectivity index (χ1) is 9.71. The molecule has 1 aromatic carbocycles. The van der Waals surface area contributed by atoms with Gasteiger partial charge in [0.25, 0.3) is 0 Å². The summed E-state index contributed by atoms with van der Waals surface area (Å²) >= 11 is 0. The molecule has 1 aromatic rings. The molecule has 0 aromatic heterocycles. The molecule has 3 unspecified atom stereocenters. The van der Waals surface area contributed by atoms with Crippen LogP contribution in [0.15, 0.2) is 18.2 Å². The minimum Gasteiger partial charge on any atom is -0.493 e. The molecule has 3 nitrogen and oxygen atoms in total. The highest BCUT2D eigenvalue weighted by molar-refractivity contribution is 5.43. The maximum atomic E-state index is 6.55. The second-order valence-electron chi connectivity index (χ2n) is 5.76. The molecule has 0 saturated heterocycles. The summed E-state index contributed by atoms with van der Waals surface area (Å²) in [5.41, 5.74) is 7.71. The Bertz CT molecular complexity index is 433. The van der Waals surface area contributed by atoms with E-state index >= 15 is 0 Å². The average molecular weight is 277 g/mol. The van der Waals surface area contributed by atoms with E-state index < -0.39 is 0 Å². The molecule has 20 heavy (non-hydrogen) atoms. The van der Waals surface area contributed by atoms with Gasteiger partial charge < -0.3 is 15.2 Å². The molecule has 0 spiro atoms. The first-order valence-corrected chi connectivity index (χ1v) is 7.68. The lowest BCUT2D eigenvalue weighted by atomic mass is 9.72. The van der Waals surface area contributed by atoms with E-state index in [0.29, 0.717) is 5.92 Å². The van der Waals surface area contributed by atoms with E-state index in [-0.39, 0.29) is 6.04 Å². The SMILES string of the molecule is CCC1CCCCC1C(N)c1ccc(OC)c(OC)c1. The molecule has 0 bridgehead atoms. The van der Waals surface area contributed by atoms with Crippen LogP contribution in [0.2, 0.25) is 0 Å². The molecule has 1 aliphatic carbocycles. The predicted octanol–water partition coefficient (Wildman–Crippen LogP) is 3.92. The van der Waals surface area contributed by atoms with Gasteiger partial charge >= 0.3 is 0 Å². The van der Waals surface area contributed by atoms with Gasteiger partial charge in [-0.25, -0.2) is 0 Å². The number of ether oxygens (including phenoxy) is 2. The maximum Gasteiger partial charge on any atom is 0.161 e. The molecule has 0 amide bonds. The topological polar surface area (TPSA) is 44.5 Å². The number of hydrogen-bond donors (Lipinski definition) is 1. The van der Waals surface area contributed by atoms with Crippen LogP contribution in [0, 0.1) is 11.8 Å². The lowest BCUT2D eigenvalue weighted by molar-refractivity contribution is 0.196. The van der Waals surface area contributed by atoms with Crippen molar-refractivity contribution in [1.82, 2.24) is 0 Å². The zero-order valence-electron chi connectivity index (χ0n) is 12.9. The van der Waals surface area contributed by atoms with Gasteiger partial charge in [-0.2, -0.15) is 0 Å². The Morgan fingerprint density at radius 3 is 2.50 bits per heavy atom. The minimum atomic E-state index is 0.0973. The summed E-state index contributed by atoms with van der Waals surface area (Å²) in [5.74, 6) is 2.88. The lowest BCUT2D eigenvalue weighted by Gasteiger charge is -2.35. The molecular weight excluding hydrogens is 250 g/mol. The van der Waals surface area contributed by atoms with Crippen molar-refractivity contribution in [1.29, 1.82) is 0 Å². The van der Waals surface area contributed by atoms with Crippen LogP contribution in [0.5, 0.6) is 11.5 Å². The van der Waals surface area contributed by atoms with Gasteiger partial charge in [0.2, 0.25) is 0 Å². The Morgan fingerprint density at radius 1 is 1.15 bits per heavy atom.